The lowest BCUT2D eigenvalue weighted by Crippen LogP contribution is -2.35. The second-order valence-corrected chi connectivity index (χ2v) is 6.79. The molecule has 0 spiro atoms. The van der Waals surface area contributed by atoms with E-state index in [-0.39, 0.29) is 24.8 Å². The Morgan fingerprint density at radius 2 is 1.79 bits per heavy atom. The zero-order chi connectivity index (χ0) is 20.6. The smallest absolute Gasteiger partial charge is 0.243 e. The molecule has 150 valence electrons. The summed E-state index contributed by atoms with van der Waals surface area (Å²) >= 11 is 0. The van der Waals surface area contributed by atoms with E-state index in [1.54, 1.807) is 13.2 Å². The number of carbonyl (C=O) groups excluding carboxylic acids is 2. The molecule has 1 N–H and O–H groups in total. The maximum absolute atomic E-state index is 12.4. The Morgan fingerprint density at radius 1 is 1.07 bits per heavy atom. The van der Waals surface area contributed by atoms with E-state index in [1.165, 1.54) is 4.90 Å². The van der Waals surface area contributed by atoms with E-state index in [2.05, 4.69) is 10.3 Å². The van der Waals surface area contributed by atoms with Crippen LogP contribution in [0, 0.1) is 0 Å². The van der Waals surface area contributed by atoms with E-state index in [0.29, 0.717) is 18.1 Å². The lowest BCUT2D eigenvalue weighted by atomic mass is 10.1. The molecule has 0 bridgehead atoms. The van der Waals surface area contributed by atoms with Crippen LogP contribution in [0.1, 0.15) is 24.8 Å². The van der Waals surface area contributed by atoms with Crippen LogP contribution in [-0.4, -0.2) is 35.3 Å². The number of oxazole rings is 1. The van der Waals surface area contributed by atoms with Crippen LogP contribution in [0.3, 0.4) is 0 Å². The molecule has 0 aliphatic heterocycles. The molecular formula is C23H25N3O3. The first-order valence-electron chi connectivity index (χ1n) is 9.68. The third-order valence-electron chi connectivity index (χ3n) is 4.64. The number of hydrogen-bond acceptors (Lipinski definition) is 4. The number of anilines is 1. The van der Waals surface area contributed by atoms with Gasteiger partial charge in [-0.1, -0.05) is 55.5 Å². The van der Waals surface area contributed by atoms with Gasteiger partial charge in [0.25, 0.3) is 0 Å². The van der Waals surface area contributed by atoms with Gasteiger partial charge in [0, 0.05) is 31.1 Å². The molecule has 0 atom stereocenters. The number of para-hydroxylation sites is 1. The van der Waals surface area contributed by atoms with E-state index >= 15 is 0 Å². The monoisotopic (exact) mass is 391 g/mol. The number of rotatable bonds is 8. The molecule has 3 aromatic rings. The quantitative estimate of drug-likeness (QED) is 0.631. The number of amides is 2. The summed E-state index contributed by atoms with van der Waals surface area (Å²) in [6, 6.07) is 17.3. The van der Waals surface area contributed by atoms with E-state index < -0.39 is 0 Å². The molecule has 2 aromatic carbocycles. The summed E-state index contributed by atoms with van der Waals surface area (Å²) in [5.41, 5.74) is 2.79. The molecule has 0 fully saturated rings. The van der Waals surface area contributed by atoms with Crippen molar-refractivity contribution in [2.45, 2.75) is 26.2 Å². The summed E-state index contributed by atoms with van der Waals surface area (Å²) in [5.74, 6) is 0.829. The van der Waals surface area contributed by atoms with E-state index in [9.17, 15) is 9.59 Å². The Balaban J connectivity index is 1.49. The van der Waals surface area contributed by atoms with Gasteiger partial charge in [0.2, 0.25) is 11.8 Å². The van der Waals surface area contributed by atoms with Crippen molar-refractivity contribution in [3.63, 3.8) is 0 Å². The first-order valence-corrected chi connectivity index (χ1v) is 9.68. The minimum atomic E-state index is -0.218. The number of hydrogen-bond donors (Lipinski definition) is 1. The fraction of sp³-hybridized carbons (Fsp3) is 0.261. The second-order valence-electron chi connectivity index (χ2n) is 6.79. The second kappa shape index (κ2) is 9.68. The zero-order valence-electron chi connectivity index (χ0n) is 16.7. The summed E-state index contributed by atoms with van der Waals surface area (Å²) in [7, 11) is 1.62. The van der Waals surface area contributed by atoms with Crippen molar-refractivity contribution in [2.75, 3.05) is 18.9 Å². The summed E-state index contributed by atoms with van der Waals surface area (Å²) in [6.45, 7) is 2.03. The van der Waals surface area contributed by atoms with Gasteiger partial charge in [-0.3, -0.25) is 9.59 Å². The van der Waals surface area contributed by atoms with Crippen LogP contribution < -0.4 is 5.32 Å². The molecule has 1 aromatic heterocycles. The lowest BCUT2D eigenvalue weighted by Gasteiger charge is -2.17. The average Bonchev–Trinajstić information content (AvgIpc) is 3.22. The van der Waals surface area contributed by atoms with Gasteiger partial charge in [0.05, 0.1) is 12.7 Å². The number of aryl methyl sites for hydroxylation is 2. The van der Waals surface area contributed by atoms with Crippen LogP contribution in [0.2, 0.25) is 0 Å². The summed E-state index contributed by atoms with van der Waals surface area (Å²) in [6.07, 6.45) is 3.10. The molecular weight excluding hydrogens is 366 g/mol. The molecule has 0 radical (unpaired) electrons. The Kier molecular flexibility index (Phi) is 6.79. The van der Waals surface area contributed by atoms with Gasteiger partial charge >= 0.3 is 0 Å². The number of aromatic nitrogens is 1. The van der Waals surface area contributed by atoms with Crippen molar-refractivity contribution in [2.24, 2.45) is 0 Å². The van der Waals surface area contributed by atoms with Gasteiger partial charge in [-0.25, -0.2) is 4.98 Å². The molecule has 3 rings (SSSR count). The number of nitrogens with zero attached hydrogens (tertiary/aromatic N) is 2. The van der Waals surface area contributed by atoms with E-state index in [4.69, 9.17) is 4.42 Å². The molecule has 6 heteroatoms. The van der Waals surface area contributed by atoms with E-state index in [0.717, 1.165) is 23.2 Å². The van der Waals surface area contributed by atoms with Gasteiger partial charge in [-0.2, -0.15) is 0 Å². The third kappa shape index (κ3) is 5.54. The SMILES string of the molecule is CCc1ccccc1NC(=O)CN(C)C(=O)CCc1ncc(-c2ccccc2)o1. The van der Waals surface area contributed by atoms with Gasteiger partial charge < -0.3 is 14.6 Å². The van der Waals surface area contributed by atoms with Crippen molar-refractivity contribution in [3.8, 4) is 11.3 Å². The predicted molar refractivity (Wildman–Crippen MR) is 112 cm³/mol. The molecule has 0 saturated carbocycles. The van der Waals surface area contributed by atoms with Crippen molar-refractivity contribution >= 4 is 17.5 Å². The standard InChI is InChI=1S/C23H25N3O3/c1-3-17-9-7-8-12-19(17)25-21(27)16-26(2)23(28)14-13-22-24-15-20(29-22)18-10-5-4-6-11-18/h4-12,15H,3,13-14,16H2,1-2H3,(H,25,27). The third-order valence-corrected chi connectivity index (χ3v) is 4.64. The van der Waals surface area contributed by atoms with Crippen LogP contribution >= 0.6 is 0 Å². The topological polar surface area (TPSA) is 75.4 Å². The normalized spacial score (nSPS) is 10.6. The Bertz CT molecular complexity index is 966. The molecule has 6 nitrogen and oxygen atoms in total. The number of nitrogens with one attached hydrogen (secondary N) is 1. The van der Waals surface area contributed by atoms with Gasteiger partial charge in [-0.15, -0.1) is 0 Å². The number of carbonyl (C=O) groups is 2. The highest BCUT2D eigenvalue weighted by Crippen LogP contribution is 2.20. The van der Waals surface area contributed by atoms with Gasteiger partial charge in [-0.05, 0) is 18.1 Å². The van der Waals surface area contributed by atoms with Crippen LogP contribution in [0.25, 0.3) is 11.3 Å². The molecule has 0 aliphatic carbocycles. The van der Waals surface area contributed by atoms with Crippen LogP contribution in [-0.2, 0) is 22.4 Å². The number of likely N-dealkylation sites (N-methyl/N-ethyl adjacent to an activating group) is 1. The first kappa shape index (κ1) is 20.3. The molecule has 0 saturated heterocycles. The Labute approximate surface area is 170 Å². The fourth-order valence-corrected chi connectivity index (χ4v) is 3.01. The summed E-state index contributed by atoms with van der Waals surface area (Å²) in [4.78, 5) is 30.3. The Hall–Kier alpha value is -3.41. The predicted octanol–water partition coefficient (Wildman–Crippen LogP) is 3.93. The molecule has 0 unspecified atom stereocenters. The maximum Gasteiger partial charge on any atom is 0.243 e. The average molecular weight is 391 g/mol. The number of benzene rings is 2. The van der Waals surface area contributed by atoms with E-state index in [1.807, 2.05) is 61.5 Å². The van der Waals surface area contributed by atoms with Crippen molar-refractivity contribution in [1.82, 2.24) is 9.88 Å². The summed E-state index contributed by atoms with van der Waals surface area (Å²) in [5, 5.41) is 2.88. The maximum atomic E-state index is 12.4. The van der Waals surface area contributed by atoms with Crippen LogP contribution in [0.5, 0.6) is 0 Å². The summed E-state index contributed by atoms with van der Waals surface area (Å²) < 4.78 is 5.72. The molecule has 0 aliphatic rings. The molecule has 1 heterocycles. The zero-order valence-corrected chi connectivity index (χ0v) is 16.7. The van der Waals surface area contributed by atoms with Crippen molar-refractivity contribution in [3.05, 3.63) is 72.2 Å². The van der Waals surface area contributed by atoms with Crippen molar-refractivity contribution in [1.29, 1.82) is 0 Å². The van der Waals surface area contributed by atoms with Gasteiger partial charge in [0.15, 0.2) is 11.7 Å². The van der Waals surface area contributed by atoms with Crippen LogP contribution in [0.4, 0.5) is 5.69 Å². The first-order chi connectivity index (χ1) is 14.1. The largest absolute Gasteiger partial charge is 0.441 e. The highest BCUT2D eigenvalue weighted by Gasteiger charge is 2.15. The highest BCUT2D eigenvalue weighted by atomic mass is 16.4. The molecule has 29 heavy (non-hydrogen) atoms. The minimum absolute atomic E-state index is 0.00225. The Morgan fingerprint density at radius 3 is 2.55 bits per heavy atom. The minimum Gasteiger partial charge on any atom is -0.441 e. The highest BCUT2D eigenvalue weighted by molar-refractivity contribution is 5.95. The van der Waals surface area contributed by atoms with Crippen molar-refractivity contribution < 1.29 is 14.0 Å². The lowest BCUT2D eigenvalue weighted by molar-refractivity contribution is -0.133. The van der Waals surface area contributed by atoms with Gasteiger partial charge in [0.1, 0.15) is 0 Å². The fourth-order valence-electron chi connectivity index (χ4n) is 3.01. The molecule has 2 amide bonds. The van der Waals surface area contributed by atoms with Crippen LogP contribution in [0.15, 0.2) is 65.2 Å².